The maximum atomic E-state index is 10.6. The summed E-state index contributed by atoms with van der Waals surface area (Å²) in [5, 5.41) is 0. The molecule has 0 heterocycles. The first kappa shape index (κ1) is 55.0. The summed E-state index contributed by atoms with van der Waals surface area (Å²) in [4.78, 5) is 21.2. The van der Waals surface area contributed by atoms with Crippen LogP contribution >= 0.6 is 0 Å². The van der Waals surface area contributed by atoms with E-state index in [4.69, 9.17) is 11.5 Å². The molecule has 4 heteroatoms. The number of carbonyl (C=O) groups excluding carboxylic acids is 2. The second-order valence-corrected chi connectivity index (χ2v) is 17.3. The highest BCUT2D eigenvalue weighted by molar-refractivity contribution is 5.73. The minimum atomic E-state index is -0.151. The SMILES string of the molecule is C1CCCCC1.CCCCCCCCCCCCCCCCCCCCCC(N)=O.CCCCCCCCCCCCCCCCCCCCCC(N)=O. The zero-order valence-electron chi connectivity index (χ0n) is 37.5. The highest BCUT2D eigenvalue weighted by Crippen LogP contribution is 2.17. The van der Waals surface area contributed by atoms with Gasteiger partial charge in [-0.25, -0.2) is 0 Å². The Morgan fingerprint density at radius 3 is 0.519 bits per heavy atom. The Morgan fingerprint density at radius 1 is 0.259 bits per heavy atom. The van der Waals surface area contributed by atoms with Crippen LogP contribution in [0.4, 0.5) is 0 Å². The fourth-order valence-corrected chi connectivity index (χ4v) is 7.82. The lowest BCUT2D eigenvalue weighted by Crippen LogP contribution is -2.09. The van der Waals surface area contributed by atoms with E-state index in [0.29, 0.717) is 12.8 Å². The van der Waals surface area contributed by atoms with Gasteiger partial charge in [0.1, 0.15) is 0 Å². The van der Waals surface area contributed by atoms with Crippen LogP contribution in [0.15, 0.2) is 0 Å². The molecule has 0 atom stereocenters. The van der Waals surface area contributed by atoms with Crippen LogP contribution in [0.1, 0.15) is 309 Å². The van der Waals surface area contributed by atoms with Crippen LogP contribution in [0.5, 0.6) is 0 Å². The second kappa shape index (κ2) is 51.9. The number of rotatable bonds is 40. The van der Waals surface area contributed by atoms with Gasteiger partial charge in [0.15, 0.2) is 0 Å². The molecule has 1 saturated carbocycles. The molecule has 0 aliphatic heterocycles. The van der Waals surface area contributed by atoms with Gasteiger partial charge in [-0.15, -0.1) is 0 Å². The van der Waals surface area contributed by atoms with Crippen molar-refractivity contribution in [1.82, 2.24) is 0 Å². The van der Waals surface area contributed by atoms with Crippen LogP contribution < -0.4 is 11.5 Å². The molecule has 0 spiro atoms. The van der Waals surface area contributed by atoms with Crippen molar-refractivity contribution >= 4 is 11.8 Å². The summed E-state index contributed by atoms with van der Waals surface area (Å²) < 4.78 is 0. The molecule has 0 radical (unpaired) electrons. The first-order valence-electron chi connectivity index (χ1n) is 25.1. The topological polar surface area (TPSA) is 86.2 Å². The van der Waals surface area contributed by atoms with Crippen molar-refractivity contribution in [2.24, 2.45) is 11.5 Å². The Balaban J connectivity index is 0. The van der Waals surface area contributed by atoms with Crippen molar-refractivity contribution in [2.75, 3.05) is 0 Å². The number of nitrogens with two attached hydrogens (primary N) is 2. The van der Waals surface area contributed by atoms with Gasteiger partial charge in [-0.3, -0.25) is 9.59 Å². The molecule has 0 bridgehead atoms. The van der Waals surface area contributed by atoms with Gasteiger partial charge in [-0.1, -0.05) is 284 Å². The molecule has 4 nitrogen and oxygen atoms in total. The molecule has 0 saturated heterocycles. The normalized spacial score (nSPS) is 12.5. The Bertz CT molecular complexity index is 629. The zero-order valence-corrected chi connectivity index (χ0v) is 37.5. The molecule has 4 N–H and O–H groups in total. The van der Waals surface area contributed by atoms with Crippen LogP contribution in [0.2, 0.25) is 0 Å². The van der Waals surface area contributed by atoms with Gasteiger partial charge in [0.05, 0.1) is 0 Å². The van der Waals surface area contributed by atoms with Crippen molar-refractivity contribution in [3.8, 4) is 0 Å². The first-order valence-corrected chi connectivity index (χ1v) is 25.1. The van der Waals surface area contributed by atoms with E-state index in [-0.39, 0.29) is 11.8 Å². The highest BCUT2D eigenvalue weighted by atomic mass is 16.1. The van der Waals surface area contributed by atoms with Gasteiger partial charge < -0.3 is 11.5 Å². The summed E-state index contributed by atoms with van der Waals surface area (Å²) in [7, 11) is 0. The average Bonchev–Trinajstić information content (AvgIpc) is 3.17. The molecule has 0 aromatic rings. The largest absolute Gasteiger partial charge is 0.370 e. The quantitative estimate of drug-likeness (QED) is 0.0609. The summed E-state index contributed by atoms with van der Waals surface area (Å²) >= 11 is 0. The van der Waals surface area contributed by atoms with E-state index in [9.17, 15) is 9.59 Å². The molecule has 1 aliphatic carbocycles. The molecule has 0 unspecified atom stereocenters. The Morgan fingerprint density at radius 2 is 0.389 bits per heavy atom. The Kier molecular flexibility index (Phi) is 52.9. The lowest BCUT2D eigenvalue weighted by Gasteiger charge is -2.05. The van der Waals surface area contributed by atoms with Crippen LogP contribution in [-0.4, -0.2) is 11.8 Å². The maximum Gasteiger partial charge on any atom is 0.217 e. The molecule has 1 fully saturated rings. The number of primary amides is 2. The molecule has 324 valence electrons. The van der Waals surface area contributed by atoms with Gasteiger partial charge in [-0.05, 0) is 12.8 Å². The van der Waals surface area contributed by atoms with Crippen molar-refractivity contribution in [3.05, 3.63) is 0 Å². The lowest BCUT2D eigenvalue weighted by atomic mass is 10.0. The van der Waals surface area contributed by atoms with Crippen molar-refractivity contribution < 1.29 is 9.59 Å². The smallest absolute Gasteiger partial charge is 0.217 e. The van der Waals surface area contributed by atoms with Crippen LogP contribution in [0.25, 0.3) is 0 Å². The molecule has 0 aromatic heterocycles. The van der Waals surface area contributed by atoms with E-state index >= 15 is 0 Å². The molecule has 54 heavy (non-hydrogen) atoms. The maximum absolute atomic E-state index is 10.6. The second-order valence-electron chi connectivity index (χ2n) is 17.3. The molecule has 1 aliphatic rings. The number of hydrogen-bond donors (Lipinski definition) is 2. The average molecular weight is 763 g/mol. The molecular weight excluding hydrogens is 661 g/mol. The summed E-state index contributed by atoms with van der Waals surface area (Å²) in [5.74, 6) is -0.302. The van der Waals surface area contributed by atoms with Gasteiger partial charge in [-0.2, -0.15) is 0 Å². The third kappa shape index (κ3) is 57.7. The number of amides is 2. The van der Waals surface area contributed by atoms with Crippen molar-refractivity contribution in [3.63, 3.8) is 0 Å². The van der Waals surface area contributed by atoms with E-state index in [1.807, 2.05) is 0 Å². The molecule has 1 rings (SSSR count). The first-order chi connectivity index (χ1) is 26.5. The number of carbonyl (C=O) groups is 2. The summed E-state index contributed by atoms with van der Waals surface area (Å²) in [6.45, 7) is 4.57. The third-order valence-electron chi connectivity index (χ3n) is 11.6. The van der Waals surface area contributed by atoms with Gasteiger partial charge in [0, 0.05) is 12.8 Å². The molecule has 2 amide bonds. The predicted octanol–water partition coefficient (Wildman–Crippen LogP) is 16.9. The molecule has 0 aromatic carbocycles. The van der Waals surface area contributed by atoms with E-state index in [2.05, 4.69) is 13.8 Å². The third-order valence-corrected chi connectivity index (χ3v) is 11.6. The van der Waals surface area contributed by atoms with Crippen LogP contribution in [-0.2, 0) is 9.59 Å². The zero-order chi connectivity index (χ0) is 39.7. The fraction of sp³-hybridized carbons (Fsp3) is 0.960. The summed E-state index contributed by atoms with van der Waals surface area (Å²) in [6.07, 6.45) is 62.6. The van der Waals surface area contributed by atoms with Crippen LogP contribution in [0, 0.1) is 0 Å². The van der Waals surface area contributed by atoms with Gasteiger partial charge in [0.2, 0.25) is 11.8 Å². The number of hydrogen-bond acceptors (Lipinski definition) is 2. The Hall–Kier alpha value is -1.06. The highest BCUT2D eigenvalue weighted by Gasteiger charge is 1.99. The minimum Gasteiger partial charge on any atom is -0.370 e. The van der Waals surface area contributed by atoms with E-state index in [0.717, 1.165) is 12.8 Å². The monoisotopic (exact) mass is 763 g/mol. The van der Waals surface area contributed by atoms with Crippen LogP contribution in [0.3, 0.4) is 0 Å². The Labute approximate surface area is 341 Å². The fourth-order valence-electron chi connectivity index (χ4n) is 7.82. The standard InChI is InChI=1S/2C22H45NO.C6H12/c2*1-2-3-4-5-6-7-8-9-10-11-12-13-14-15-16-17-18-19-20-21-22(23)24;1-2-4-6-5-3-1/h2*2-21H2,1H3,(H2,23,24);1-6H2. The van der Waals surface area contributed by atoms with Crippen molar-refractivity contribution in [2.45, 2.75) is 309 Å². The van der Waals surface area contributed by atoms with E-state index in [1.165, 1.54) is 270 Å². The predicted molar refractivity (Wildman–Crippen MR) is 242 cm³/mol. The summed E-state index contributed by atoms with van der Waals surface area (Å²) in [6, 6.07) is 0. The van der Waals surface area contributed by atoms with E-state index in [1.54, 1.807) is 0 Å². The minimum absolute atomic E-state index is 0.151. The van der Waals surface area contributed by atoms with Crippen molar-refractivity contribution in [1.29, 1.82) is 0 Å². The summed E-state index contributed by atoms with van der Waals surface area (Å²) in [5.41, 5.74) is 10.3. The number of unbranched alkanes of at least 4 members (excludes halogenated alkanes) is 36. The van der Waals surface area contributed by atoms with Gasteiger partial charge in [0.25, 0.3) is 0 Å². The lowest BCUT2D eigenvalue weighted by molar-refractivity contribution is -0.119. The van der Waals surface area contributed by atoms with Gasteiger partial charge >= 0.3 is 0 Å². The van der Waals surface area contributed by atoms with E-state index < -0.39 is 0 Å². The molecular formula is C50H102N2O2.